The molecule has 0 bridgehead atoms. The average Bonchev–Trinajstić information content (AvgIpc) is 3.46. The van der Waals surface area contributed by atoms with E-state index in [0.29, 0.717) is 10.5 Å². The van der Waals surface area contributed by atoms with Crippen molar-refractivity contribution in [2.75, 3.05) is 6.67 Å². The number of halogens is 5. The molecule has 14 heteroatoms. The molecule has 1 saturated carbocycles. The standard InChI is InChI=1S/C23H22ClF4N7OS/c1-35-20(15(11-32-28)18(34-35)23(26,27)12-25)31-10-13(9-29)16-8-14(19(24)37-16)21(36)33-22(5-6-22)17-4-2-3-7-30-17/h2-4,7-10,32H,5-6,11-12,29H2,1H3,(H,33,36). The summed E-state index contributed by atoms with van der Waals surface area (Å²) >= 11 is 7.43. The molecule has 1 fully saturated rings. The lowest BCUT2D eigenvalue weighted by Gasteiger charge is -2.16. The number of aliphatic imine (C=N–C) groups is 1. The summed E-state index contributed by atoms with van der Waals surface area (Å²) in [7, 11) is 1.32. The van der Waals surface area contributed by atoms with Crippen LogP contribution in [0.15, 0.2) is 41.7 Å². The van der Waals surface area contributed by atoms with Crippen molar-refractivity contribution in [1.29, 1.82) is 0 Å². The lowest BCUT2D eigenvalue weighted by Crippen LogP contribution is -2.35. The molecule has 3 heterocycles. The Balaban J connectivity index is 1.58. The van der Waals surface area contributed by atoms with Gasteiger partial charge in [0.2, 0.25) is 0 Å². The van der Waals surface area contributed by atoms with Crippen molar-refractivity contribution < 1.29 is 22.4 Å². The Morgan fingerprint density at radius 3 is 2.76 bits per heavy atom. The minimum atomic E-state index is -3.91. The zero-order chi connectivity index (χ0) is 26.8. The molecule has 0 aliphatic heterocycles. The molecule has 0 aromatic carbocycles. The van der Waals surface area contributed by atoms with Crippen molar-refractivity contribution in [3.63, 3.8) is 0 Å². The van der Waals surface area contributed by atoms with Crippen molar-refractivity contribution in [1.82, 2.24) is 25.6 Å². The van der Waals surface area contributed by atoms with E-state index in [2.05, 4.69) is 20.4 Å². The molecule has 37 heavy (non-hydrogen) atoms. The third kappa shape index (κ3) is 5.38. The summed E-state index contributed by atoms with van der Waals surface area (Å²) in [5.74, 6) is -4.42. The Morgan fingerprint density at radius 2 is 2.16 bits per heavy atom. The predicted octanol–water partition coefficient (Wildman–Crippen LogP) is 4.69. The number of alkyl halides is 3. The van der Waals surface area contributed by atoms with Crippen molar-refractivity contribution in [2.45, 2.75) is 30.8 Å². The van der Waals surface area contributed by atoms with Crippen LogP contribution in [0.3, 0.4) is 0 Å². The van der Waals surface area contributed by atoms with E-state index >= 15 is 0 Å². The first-order valence-corrected chi connectivity index (χ1v) is 12.2. The number of nitrogens with one attached hydrogen (secondary N) is 2. The van der Waals surface area contributed by atoms with E-state index in [1.807, 2.05) is 12.1 Å². The molecule has 0 saturated heterocycles. The summed E-state index contributed by atoms with van der Waals surface area (Å²) in [6, 6.07) is 7.03. The van der Waals surface area contributed by atoms with Gasteiger partial charge in [-0.3, -0.25) is 14.5 Å². The highest BCUT2D eigenvalue weighted by Gasteiger charge is 2.47. The number of nitrogens with zero attached hydrogens (tertiary/aromatic N) is 4. The number of rotatable bonds is 10. The molecular formula is C23H22ClF4N7OS. The third-order valence-electron chi connectivity index (χ3n) is 5.85. The van der Waals surface area contributed by atoms with Gasteiger partial charge in [0.05, 0.1) is 23.3 Å². The molecule has 0 radical (unpaired) electrons. The van der Waals surface area contributed by atoms with Gasteiger partial charge in [0.15, 0.2) is 12.5 Å². The number of hydrogen-bond donors (Lipinski definition) is 3. The summed E-state index contributed by atoms with van der Waals surface area (Å²) in [6.45, 7) is -2.67. The van der Waals surface area contributed by atoms with Gasteiger partial charge in [0.1, 0.15) is 10.0 Å². The van der Waals surface area contributed by atoms with Gasteiger partial charge in [-0.2, -0.15) is 19.4 Å². The molecule has 1 amide bonds. The highest BCUT2D eigenvalue weighted by Crippen LogP contribution is 2.45. The normalized spacial score (nSPS) is 15.4. The fourth-order valence-corrected chi connectivity index (χ4v) is 5.05. The Kier molecular flexibility index (Phi) is 7.67. The summed E-state index contributed by atoms with van der Waals surface area (Å²) in [4.78, 5) is 22.0. The van der Waals surface area contributed by atoms with E-state index in [4.69, 9.17) is 17.3 Å². The first-order chi connectivity index (χ1) is 17.7. The van der Waals surface area contributed by atoms with Gasteiger partial charge >= 0.3 is 5.92 Å². The number of carbonyl (C=O) groups is 1. The topological polar surface area (TPSA) is 110 Å². The van der Waals surface area contributed by atoms with Crippen LogP contribution in [0.25, 0.3) is 5.57 Å². The van der Waals surface area contributed by atoms with Crippen LogP contribution in [0.4, 0.5) is 23.5 Å². The zero-order valence-corrected chi connectivity index (χ0v) is 21.0. The Bertz CT molecular complexity index is 1350. The first-order valence-electron chi connectivity index (χ1n) is 11.0. The second-order valence-corrected chi connectivity index (χ2v) is 10.0. The lowest BCUT2D eigenvalue weighted by atomic mass is 10.1. The second-order valence-electron chi connectivity index (χ2n) is 8.35. The summed E-state index contributed by atoms with van der Waals surface area (Å²) in [5.41, 5.74) is 6.56. The average molecular weight is 556 g/mol. The minimum Gasteiger partial charge on any atom is -0.404 e. The number of amides is 1. The number of aryl methyl sites for hydroxylation is 1. The molecule has 0 spiro atoms. The molecular weight excluding hydrogens is 534 g/mol. The summed E-state index contributed by atoms with van der Waals surface area (Å²) < 4.78 is 55.0. The number of pyridine rings is 1. The van der Waals surface area contributed by atoms with Crippen LogP contribution in [-0.4, -0.2) is 33.6 Å². The molecule has 8 nitrogen and oxygen atoms in total. The maximum atomic E-state index is 14.0. The van der Waals surface area contributed by atoms with Gasteiger partial charge in [-0.1, -0.05) is 17.7 Å². The molecule has 4 N–H and O–H groups in total. The lowest BCUT2D eigenvalue weighted by molar-refractivity contribution is -0.0335. The van der Waals surface area contributed by atoms with E-state index in [-0.39, 0.29) is 27.2 Å². The van der Waals surface area contributed by atoms with Gasteiger partial charge < -0.3 is 11.1 Å². The van der Waals surface area contributed by atoms with E-state index in [0.717, 1.165) is 34.6 Å². The van der Waals surface area contributed by atoms with Crippen LogP contribution in [0.5, 0.6) is 0 Å². The van der Waals surface area contributed by atoms with Gasteiger partial charge in [-0.15, -0.1) is 15.8 Å². The number of allylic oxidation sites excluding steroid dienone is 1. The first kappa shape index (κ1) is 26.8. The largest absolute Gasteiger partial charge is 0.404 e. The molecule has 0 unspecified atom stereocenters. The maximum Gasteiger partial charge on any atom is 0.319 e. The zero-order valence-electron chi connectivity index (χ0n) is 19.4. The van der Waals surface area contributed by atoms with E-state index in [1.165, 1.54) is 31.1 Å². The maximum absolute atomic E-state index is 14.0. The molecule has 1 aliphatic carbocycles. The number of carbonyl (C=O) groups excluding carboxylic acids is 1. The SMILES string of the molecule is Cn1nc(C(F)(F)CF)c(CNF)c1N=CC(=CN)c1cc(C(=O)NC2(c3ccccn3)CC2)c(Cl)s1. The summed E-state index contributed by atoms with van der Waals surface area (Å²) in [6.07, 6.45) is 5.60. The van der Waals surface area contributed by atoms with Crippen molar-refractivity contribution in [3.8, 4) is 0 Å². The minimum absolute atomic E-state index is 0.126. The monoisotopic (exact) mass is 555 g/mol. The fourth-order valence-electron chi connectivity index (χ4n) is 3.79. The Morgan fingerprint density at radius 1 is 1.41 bits per heavy atom. The number of hydrogen-bond acceptors (Lipinski definition) is 7. The van der Waals surface area contributed by atoms with Gasteiger partial charge in [-0.25, -0.2) is 9.38 Å². The number of nitrogens with two attached hydrogens (primary N) is 1. The van der Waals surface area contributed by atoms with Crippen LogP contribution >= 0.6 is 22.9 Å². The molecule has 3 aromatic heterocycles. The van der Waals surface area contributed by atoms with Gasteiger partial charge in [0, 0.05) is 41.7 Å². The predicted molar refractivity (Wildman–Crippen MR) is 133 cm³/mol. The molecule has 1 aliphatic rings. The molecule has 0 atom stereocenters. The van der Waals surface area contributed by atoms with Gasteiger partial charge in [-0.05, 0) is 31.0 Å². The van der Waals surface area contributed by atoms with E-state index < -0.39 is 30.4 Å². The Labute approximate surface area is 218 Å². The molecule has 3 aromatic rings. The van der Waals surface area contributed by atoms with Crippen LogP contribution < -0.4 is 16.6 Å². The van der Waals surface area contributed by atoms with Crippen molar-refractivity contribution in [2.24, 2.45) is 17.8 Å². The van der Waals surface area contributed by atoms with E-state index in [1.54, 1.807) is 12.3 Å². The van der Waals surface area contributed by atoms with Crippen molar-refractivity contribution in [3.05, 3.63) is 68.4 Å². The highest BCUT2D eigenvalue weighted by atomic mass is 35.5. The highest BCUT2D eigenvalue weighted by molar-refractivity contribution is 7.18. The Hall–Kier alpha value is -3.29. The number of aromatic nitrogens is 3. The fraction of sp³-hybridized carbons (Fsp3) is 0.304. The number of thiophene rings is 1. The van der Waals surface area contributed by atoms with Crippen LogP contribution in [0, 0.1) is 0 Å². The molecule has 4 rings (SSSR count). The smallest absolute Gasteiger partial charge is 0.319 e. The third-order valence-corrected chi connectivity index (χ3v) is 7.26. The van der Waals surface area contributed by atoms with Crippen LogP contribution in [0.2, 0.25) is 4.34 Å². The summed E-state index contributed by atoms with van der Waals surface area (Å²) in [5, 5.41) is 6.63. The van der Waals surface area contributed by atoms with Crippen LogP contribution in [-0.2, 0) is 25.1 Å². The van der Waals surface area contributed by atoms with Crippen molar-refractivity contribution >= 4 is 46.5 Å². The van der Waals surface area contributed by atoms with Crippen LogP contribution in [0.1, 0.15) is 45.0 Å². The second kappa shape index (κ2) is 10.6. The van der Waals surface area contributed by atoms with Gasteiger partial charge in [0.25, 0.3) is 5.91 Å². The quantitative estimate of drug-likeness (QED) is 0.191. The van der Waals surface area contributed by atoms with E-state index in [9.17, 15) is 22.4 Å². The molecule has 196 valence electrons.